The Bertz CT molecular complexity index is 716. The SMILES string of the molecule is [2H]C([2H])([2H])C([2H])([2H])OC(=O)CC1(Cc2ccccc2)C([2H])([2H])CN(C)CC1([2H])[2H]. The molecule has 1 fully saturated rings. The lowest BCUT2D eigenvalue weighted by molar-refractivity contribution is -0.146. The van der Waals surface area contributed by atoms with Crippen LogP contribution in [0.2, 0.25) is 0 Å². The van der Waals surface area contributed by atoms with E-state index in [4.69, 9.17) is 12.3 Å². The number of rotatable bonds is 5. The summed E-state index contributed by atoms with van der Waals surface area (Å²) in [5.74, 6) is -1.29. The Labute approximate surface area is 134 Å². The molecule has 0 unspecified atom stereocenters. The monoisotopic (exact) mass is 284 g/mol. The third kappa shape index (κ3) is 4.07. The van der Waals surface area contributed by atoms with Crippen LogP contribution in [0.3, 0.4) is 0 Å². The molecule has 0 N–H and O–H groups in total. The number of carbonyl (C=O) groups excluding carboxylic acids is 1. The second-order valence-corrected chi connectivity index (χ2v) is 5.02. The van der Waals surface area contributed by atoms with Gasteiger partial charge in [0.25, 0.3) is 0 Å². The van der Waals surface area contributed by atoms with Gasteiger partial charge in [0.15, 0.2) is 0 Å². The molecular formula is C17H25NO2. The summed E-state index contributed by atoms with van der Waals surface area (Å²) >= 11 is 0. The molecule has 0 aromatic heterocycles. The van der Waals surface area contributed by atoms with E-state index in [1.54, 1.807) is 37.4 Å². The Morgan fingerprint density at radius 3 is 2.80 bits per heavy atom. The Morgan fingerprint density at radius 1 is 1.45 bits per heavy atom. The van der Waals surface area contributed by atoms with Gasteiger partial charge in [-0.25, -0.2) is 0 Å². The fourth-order valence-electron chi connectivity index (χ4n) is 2.29. The highest BCUT2D eigenvalue weighted by molar-refractivity contribution is 5.70. The number of hydrogen-bond donors (Lipinski definition) is 0. The molecule has 1 aliphatic heterocycles. The van der Waals surface area contributed by atoms with Crippen molar-refractivity contribution >= 4 is 5.97 Å². The maximum Gasteiger partial charge on any atom is 0.306 e. The van der Waals surface area contributed by atoms with Gasteiger partial charge in [0, 0.05) is 9.60 Å². The predicted octanol–water partition coefficient (Wildman–Crippen LogP) is 2.89. The van der Waals surface area contributed by atoms with Crippen molar-refractivity contribution in [2.75, 3.05) is 26.7 Å². The molecule has 1 aliphatic rings. The number of ether oxygens (including phenoxy) is 1. The molecule has 0 spiro atoms. The van der Waals surface area contributed by atoms with Gasteiger partial charge in [-0.3, -0.25) is 4.79 Å². The van der Waals surface area contributed by atoms with Crippen LogP contribution >= 0.6 is 0 Å². The lowest BCUT2D eigenvalue weighted by Crippen LogP contribution is -2.40. The fraction of sp³-hybridized carbons (Fsp3) is 0.588. The Balaban J connectivity index is 2.47. The third-order valence-electron chi connectivity index (χ3n) is 3.33. The van der Waals surface area contributed by atoms with E-state index >= 15 is 0 Å². The molecule has 20 heavy (non-hydrogen) atoms. The lowest BCUT2D eigenvalue weighted by Gasteiger charge is -2.40. The van der Waals surface area contributed by atoms with E-state index in [-0.39, 0.29) is 19.5 Å². The van der Waals surface area contributed by atoms with Gasteiger partial charge in [0.1, 0.15) is 0 Å². The Hall–Kier alpha value is -1.35. The molecule has 1 aromatic rings. The predicted molar refractivity (Wildman–Crippen MR) is 80.6 cm³/mol. The molecule has 0 amide bonds. The van der Waals surface area contributed by atoms with Crippen LogP contribution in [0.1, 0.15) is 43.9 Å². The zero-order valence-electron chi connectivity index (χ0n) is 20.5. The molecule has 0 bridgehead atoms. The van der Waals surface area contributed by atoms with E-state index < -0.39 is 44.0 Å². The summed E-state index contributed by atoms with van der Waals surface area (Å²) in [6, 6.07) is 8.58. The quantitative estimate of drug-likeness (QED) is 0.779. The first kappa shape index (κ1) is 7.08. The first-order valence-electron chi connectivity index (χ1n) is 11.0. The Kier molecular flexibility index (Phi) is 2.44. The summed E-state index contributed by atoms with van der Waals surface area (Å²) in [5.41, 5.74) is -1.27. The molecule has 1 aromatic carbocycles. The third-order valence-corrected chi connectivity index (χ3v) is 3.33. The zero-order chi connectivity index (χ0) is 22.3. The Morgan fingerprint density at radius 2 is 2.15 bits per heavy atom. The molecule has 0 radical (unpaired) electrons. The van der Waals surface area contributed by atoms with Crippen molar-refractivity contribution < 1.29 is 21.9 Å². The number of hydrogen-bond acceptors (Lipinski definition) is 3. The van der Waals surface area contributed by atoms with Gasteiger partial charge < -0.3 is 9.64 Å². The molecule has 110 valence electrons. The van der Waals surface area contributed by atoms with Gasteiger partial charge in [-0.1, -0.05) is 30.3 Å². The average Bonchev–Trinajstić information content (AvgIpc) is 2.50. The summed E-state index contributed by atoms with van der Waals surface area (Å²) in [5, 5.41) is 0. The van der Waals surface area contributed by atoms with Crippen molar-refractivity contribution in [3.05, 3.63) is 35.9 Å². The maximum absolute atomic E-state index is 12.6. The van der Waals surface area contributed by atoms with Gasteiger partial charge in [-0.05, 0) is 57.1 Å². The van der Waals surface area contributed by atoms with Crippen molar-refractivity contribution in [2.24, 2.45) is 5.41 Å². The van der Waals surface area contributed by atoms with Crippen molar-refractivity contribution in [3.63, 3.8) is 0 Å². The van der Waals surface area contributed by atoms with E-state index in [1.165, 1.54) is 4.90 Å². The van der Waals surface area contributed by atoms with Crippen LogP contribution in [0, 0.1) is 5.41 Å². The van der Waals surface area contributed by atoms with Gasteiger partial charge in [-0.2, -0.15) is 0 Å². The average molecular weight is 284 g/mol. The lowest BCUT2D eigenvalue weighted by atomic mass is 9.71. The zero-order valence-corrected chi connectivity index (χ0v) is 11.5. The molecular weight excluding hydrogens is 250 g/mol. The first-order chi connectivity index (χ1) is 13.0. The summed E-state index contributed by atoms with van der Waals surface area (Å²) in [7, 11) is 1.58. The molecule has 0 atom stereocenters. The molecule has 0 saturated carbocycles. The van der Waals surface area contributed by atoms with Gasteiger partial charge in [0.05, 0.1) is 15.7 Å². The van der Waals surface area contributed by atoms with Gasteiger partial charge >= 0.3 is 5.97 Å². The smallest absolute Gasteiger partial charge is 0.306 e. The topological polar surface area (TPSA) is 29.5 Å². The summed E-state index contributed by atoms with van der Waals surface area (Å²) in [6.45, 7) is -6.76. The standard InChI is InChI=1S/C17H25NO2/c1-3-20-16(19)14-17(9-11-18(2)12-10-17)13-15-7-5-4-6-8-15/h4-8H,3,9-14H2,1-2H3/i1D3,3D2,9D2,10D2. The van der Waals surface area contributed by atoms with Crippen LogP contribution in [0.25, 0.3) is 0 Å². The molecule has 2 rings (SSSR count). The fourth-order valence-corrected chi connectivity index (χ4v) is 2.29. The van der Waals surface area contributed by atoms with E-state index in [1.807, 2.05) is 0 Å². The van der Waals surface area contributed by atoms with Crippen molar-refractivity contribution in [1.29, 1.82) is 0 Å². The number of benzene rings is 1. The second kappa shape index (κ2) is 6.89. The minimum absolute atomic E-state index is 0.131. The largest absolute Gasteiger partial charge is 0.466 e. The van der Waals surface area contributed by atoms with Crippen LogP contribution in [0.4, 0.5) is 0 Å². The van der Waals surface area contributed by atoms with Gasteiger partial charge in [-0.15, -0.1) is 0 Å². The van der Waals surface area contributed by atoms with Crippen molar-refractivity contribution in [3.8, 4) is 0 Å². The van der Waals surface area contributed by atoms with Gasteiger partial charge in [0.2, 0.25) is 0 Å². The summed E-state index contributed by atoms with van der Waals surface area (Å²) in [4.78, 5) is 14.1. The van der Waals surface area contributed by atoms with Crippen LogP contribution in [-0.4, -0.2) is 37.6 Å². The number of piperidine rings is 1. The number of carbonyl (C=O) groups is 1. The molecule has 0 aliphatic carbocycles. The van der Waals surface area contributed by atoms with E-state index in [0.29, 0.717) is 5.56 Å². The van der Waals surface area contributed by atoms with Crippen LogP contribution in [0.15, 0.2) is 30.3 Å². The number of esters is 1. The number of nitrogens with zero attached hydrogens (tertiary/aromatic N) is 1. The van der Waals surface area contributed by atoms with Crippen molar-refractivity contribution in [2.45, 2.75) is 32.4 Å². The minimum atomic E-state index is -3.26. The highest BCUT2D eigenvalue weighted by atomic mass is 16.5. The number of likely N-dealkylation sites (tertiary alicyclic amines) is 1. The highest BCUT2D eigenvalue weighted by Gasteiger charge is 2.36. The van der Waals surface area contributed by atoms with Crippen molar-refractivity contribution in [1.82, 2.24) is 4.90 Å². The van der Waals surface area contributed by atoms with Crippen LogP contribution in [0.5, 0.6) is 0 Å². The first-order valence-corrected chi connectivity index (χ1v) is 6.47. The normalized spacial score (nSPS) is 31.8. The van der Waals surface area contributed by atoms with Crippen LogP contribution in [-0.2, 0) is 16.0 Å². The highest BCUT2D eigenvalue weighted by Crippen LogP contribution is 2.38. The maximum atomic E-state index is 12.6. The minimum Gasteiger partial charge on any atom is -0.466 e. The van der Waals surface area contributed by atoms with E-state index in [9.17, 15) is 4.79 Å². The molecule has 3 nitrogen and oxygen atoms in total. The molecule has 3 heteroatoms. The molecule has 1 heterocycles. The second-order valence-electron chi connectivity index (χ2n) is 5.02. The van der Waals surface area contributed by atoms with Crippen LogP contribution < -0.4 is 0 Å². The summed E-state index contributed by atoms with van der Waals surface area (Å²) in [6.07, 6.45) is -5.28. The molecule has 1 saturated heterocycles. The van der Waals surface area contributed by atoms with E-state index in [2.05, 4.69) is 4.74 Å². The van der Waals surface area contributed by atoms with E-state index in [0.717, 1.165) is 0 Å². The summed E-state index contributed by atoms with van der Waals surface area (Å²) < 4.78 is 75.5.